The molecule has 0 saturated heterocycles. The van der Waals surface area contributed by atoms with Gasteiger partial charge in [-0.15, -0.1) is 0 Å². The van der Waals surface area contributed by atoms with Gasteiger partial charge in [-0.25, -0.2) is 9.97 Å². The lowest BCUT2D eigenvalue weighted by Gasteiger charge is -2.04. The number of aromatic nitrogens is 2. The molecule has 1 fully saturated rings. The molecule has 4 nitrogen and oxygen atoms in total. The van der Waals surface area contributed by atoms with E-state index >= 15 is 0 Å². The molecule has 3 rings (SSSR count). The van der Waals surface area contributed by atoms with Crippen LogP contribution in [-0.2, 0) is 0 Å². The van der Waals surface area contributed by atoms with Crippen molar-refractivity contribution in [3.05, 3.63) is 30.8 Å². The first-order chi connectivity index (χ1) is 7.92. The molecular weight excluding hydrogens is 202 g/mol. The van der Waals surface area contributed by atoms with Crippen LogP contribution in [-0.4, -0.2) is 16.5 Å². The van der Waals surface area contributed by atoms with Crippen LogP contribution in [0.4, 0.5) is 5.82 Å². The summed E-state index contributed by atoms with van der Waals surface area (Å²) in [4.78, 5) is 8.38. The number of pyridine rings is 1. The Morgan fingerprint density at radius 1 is 1.31 bits per heavy atom. The molecule has 2 heterocycles. The van der Waals surface area contributed by atoms with Crippen molar-refractivity contribution >= 4 is 5.82 Å². The van der Waals surface area contributed by atoms with Crippen LogP contribution in [0.3, 0.4) is 0 Å². The third-order valence-electron chi connectivity index (χ3n) is 2.71. The summed E-state index contributed by atoms with van der Waals surface area (Å²) in [6.45, 7) is 1.02. The maximum Gasteiger partial charge on any atom is 0.226 e. The molecular formula is C12H13N3O. The molecule has 0 aromatic carbocycles. The second kappa shape index (κ2) is 3.96. The van der Waals surface area contributed by atoms with Gasteiger partial charge in [0.25, 0.3) is 0 Å². The highest BCUT2D eigenvalue weighted by atomic mass is 16.3. The fourth-order valence-corrected chi connectivity index (χ4v) is 1.60. The summed E-state index contributed by atoms with van der Waals surface area (Å²) in [5, 5.41) is 3.33. The van der Waals surface area contributed by atoms with Gasteiger partial charge in [-0.3, -0.25) is 0 Å². The van der Waals surface area contributed by atoms with E-state index in [0.29, 0.717) is 5.89 Å². The summed E-state index contributed by atoms with van der Waals surface area (Å²) in [5.41, 5.74) is 0.957. The van der Waals surface area contributed by atoms with E-state index in [1.54, 1.807) is 18.7 Å². The lowest BCUT2D eigenvalue weighted by Crippen LogP contribution is -2.04. The van der Waals surface area contributed by atoms with Gasteiger partial charge in [0.15, 0.2) is 0 Å². The summed E-state index contributed by atoms with van der Waals surface area (Å²) in [5.74, 6) is 2.37. The normalized spacial score (nSPS) is 15.0. The van der Waals surface area contributed by atoms with Crippen LogP contribution in [0.2, 0.25) is 0 Å². The van der Waals surface area contributed by atoms with Crippen LogP contribution >= 0.6 is 0 Å². The molecule has 0 aliphatic heterocycles. The van der Waals surface area contributed by atoms with Gasteiger partial charge in [0.05, 0.1) is 6.20 Å². The van der Waals surface area contributed by atoms with Crippen molar-refractivity contribution < 1.29 is 4.42 Å². The van der Waals surface area contributed by atoms with E-state index in [1.807, 2.05) is 12.1 Å². The Hall–Kier alpha value is -1.84. The van der Waals surface area contributed by atoms with Crippen LogP contribution in [0, 0.1) is 5.92 Å². The number of nitrogens with one attached hydrogen (secondary N) is 1. The molecule has 0 atom stereocenters. The zero-order valence-corrected chi connectivity index (χ0v) is 8.89. The molecule has 0 unspecified atom stereocenters. The minimum Gasteiger partial charge on any atom is -0.445 e. The predicted octanol–water partition coefficient (Wildman–Crippen LogP) is 2.56. The van der Waals surface area contributed by atoms with E-state index < -0.39 is 0 Å². The lowest BCUT2D eigenvalue weighted by atomic mass is 10.2. The SMILES string of the molecule is c1cc(-c2ncco2)cc(NCC2CC2)n1. The number of rotatable bonds is 4. The van der Waals surface area contributed by atoms with Crippen LogP contribution in [0.1, 0.15) is 12.8 Å². The lowest BCUT2D eigenvalue weighted by molar-refractivity contribution is 0.574. The average Bonchev–Trinajstić information content (AvgIpc) is 2.99. The van der Waals surface area contributed by atoms with Crippen LogP contribution in [0.25, 0.3) is 11.5 Å². The van der Waals surface area contributed by atoms with Gasteiger partial charge in [-0.1, -0.05) is 0 Å². The standard InChI is InChI=1S/C12H13N3O/c1-2-9(1)8-15-11-7-10(3-4-13-11)12-14-5-6-16-12/h3-7,9H,1-2,8H2,(H,13,15). The van der Waals surface area contributed by atoms with E-state index in [1.165, 1.54) is 12.8 Å². The average molecular weight is 215 g/mol. The molecule has 1 aliphatic rings. The van der Waals surface area contributed by atoms with Crippen molar-refractivity contribution in [2.45, 2.75) is 12.8 Å². The second-order valence-corrected chi connectivity index (χ2v) is 4.09. The predicted molar refractivity (Wildman–Crippen MR) is 60.9 cm³/mol. The van der Waals surface area contributed by atoms with Crippen molar-refractivity contribution in [2.75, 3.05) is 11.9 Å². The van der Waals surface area contributed by atoms with E-state index in [4.69, 9.17) is 4.42 Å². The number of anilines is 1. The summed E-state index contributed by atoms with van der Waals surface area (Å²) in [6, 6.07) is 3.86. The molecule has 16 heavy (non-hydrogen) atoms. The molecule has 1 saturated carbocycles. The van der Waals surface area contributed by atoms with Crippen LogP contribution < -0.4 is 5.32 Å². The number of hydrogen-bond acceptors (Lipinski definition) is 4. The molecule has 0 bridgehead atoms. The van der Waals surface area contributed by atoms with Crippen LogP contribution in [0.5, 0.6) is 0 Å². The Balaban J connectivity index is 1.76. The maximum atomic E-state index is 5.25. The molecule has 2 aromatic heterocycles. The summed E-state index contributed by atoms with van der Waals surface area (Å²) in [7, 11) is 0. The smallest absolute Gasteiger partial charge is 0.226 e. The highest BCUT2D eigenvalue weighted by Crippen LogP contribution is 2.29. The Morgan fingerprint density at radius 2 is 2.25 bits per heavy atom. The molecule has 4 heteroatoms. The van der Waals surface area contributed by atoms with Crippen molar-refractivity contribution in [1.82, 2.24) is 9.97 Å². The Morgan fingerprint density at radius 3 is 3.00 bits per heavy atom. The fraction of sp³-hybridized carbons (Fsp3) is 0.333. The monoisotopic (exact) mass is 215 g/mol. The first-order valence-corrected chi connectivity index (χ1v) is 5.51. The third-order valence-corrected chi connectivity index (χ3v) is 2.71. The van der Waals surface area contributed by atoms with Gasteiger partial charge in [0, 0.05) is 18.3 Å². The summed E-state index contributed by atoms with van der Waals surface area (Å²) in [6.07, 6.45) is 7.67. The van der Waals surface area contributed by atoms with E-state index in [-0.39, 0.29) is 0 Å². The van der Waals surface area contributed by atoms with Crippen molar-refractivity contribution in [3.63, 3.8) is 0 Å². The van der Waals surface area contributed by atoms with Gasteiger partial charge in [-0.05, 0) is 30.9 Å². The molecule has 1 N–H and O–H groups in total. The summed E-state index contributed by atoms with van der Waals surface area (Å²) >= 11 is 0. The van der Waals surface area contributed by atoms with Gasteiger partial charge in [0.2, 0.25) is 5.89 Å². The largest absolute Gasteiger partial charge is 0.445 e. The molecule has 1 aliphatic carbocycles. The maximum absolute atomic E-state index is 5.25. The second-order valence-electron chi connectivity index (χ2n) is 4.09. The van der Waals surface area contributed by atoms with Crippen molar-refractivity contribution in [1.29, 1.82) is 0 Å². The van der Waals surface area contributed by atoms with Crippen molar-refractivity contribution in [3.8, 4) is 11.5 Å². The zero-order chi connectivity index (χ0) is 10.8. The third kappa shape index (κ3) is 2.05. The minimum atomic E-state index is 0.636. The molecule has 0 radical (unpaired) electrons. The highest BCUT2D eigenvalue weighted by Gasteiger charge is 2.20. The van der Waals surface area contributed by atoms with Crippen LogP contribution in [0.15, 0.2) is 35.2 Å². The van der Waals surface area contributed by atoms with Gasteiger partial charge < -0.3 is 9.73 Å². The molecule has 2 aromatic rings. The minimum absolute atomic E-state index is 0.636. The van der Waals surface area contributed by atoms with Gasteiger partial charge >= 0.3 is 0 Å². The highest BCUT2D eigenvalue weighted by molar-refractivity contribution is 5.57. The van der Waals surface area contributed by atoms with E-state index in [0.717, 1.165) is 23.8 Å². The summed E-state index contributed by atoms with van der Waals surface area (Å²) < 4.78 is 5.25. The van der Waals surface area contributed by atoms with E-state index in [2.05, 4.69) is 15.3 Å². The molecule has 0 amide bonds. The molecule has 0 spiro atoms. The number of oxazole rings is 1. The van der Waals surface area contributed by atoms with Gasteiger partial charge in [-0.2, -0.15) is 0 Å². The molecule has 82 valence electrons. The Bertz CT molecular complexity index is 463. The zero-order valence-electron chi connectivity index (χ0n) is 8.89. The first kappa shape index (κ1) is 9.39. The number of nitrogens with zero attached hydrogens (tertiary/aromatic N) is 2. The Kier molecular flexibility index (Phi) is 2.33. The first-order valence-electron chi connectivity index (χ1n) is 5.51. The number of hydrogen-bond donors (Lipinski definition) is 1. The van der Waals surface area contributed by atoms with Gasteiger partial charge in [0.1, 0.15) is 12.1 Å². The topological polar surface area (TPSA) is 51.0 Å². The quantitative estimate of drug-likeness (QED) is 0.851. The Labute approximate surface area is 93.7 Å². The van der Waals surface area contributed by atoms with E-state index in [9.17, 15) is 0 Å². The fourth-order valence-electron chi connectivity index (χ4n) is 1.60. The van der Waals surface area contributed by atoms with Crippen molar-refractivity contribution in [2.24, 2.45) is 5.92 Å².